The van der Waals surface area contributed by atoms with Gasteiger partial charge in [-0.05, 0) is 0 Å². The molecule has 0 heterocycles. The van der Waals surface area contributed by atoms with Crippen LogP contribution in [0, 0.1) is 0 Å². The van der Waals surface area contributed by atoms with Crippen molar-refractivity contribution in [3.8, 4) is 0 Å². The van der Waals surface area contributed by atoms with Crippen LogP contribution in [0.5, 0.6) is 0 Å². The van der Waals surface area contributed by atoms with Crippen LogP contribution in [0.15, 0.2) is 12.7 Å². The van der Waals surface area contributed by atoms with Gasteiger partial charge in [0.05, 0.1) is 6.10 Å². The van der Waals surface area contributed by atoms with Crippen molar-refractivity contribution < 1.29 is 49.8 Å². The molecular weight excluding hydrogens is 352 g/mol. The molecule has 0 fully saturated rings. The number of carbonyl (C=O) groups is 1. The molecule has 0 aliphatic carbocycles. The Kier molecular flexibility index (Phi) is 6.29. The number of rotatable bonds is 7. The van der Waals surface area contributed by atoms with Crippen molar-refractivity contribution in [3.05, 3.63) is 12.7 Å². The third-order valence-corrected chi connectivity index (χ3v) is 2.86. The zero-order valence-electron chi connectivity index (χ0n) is 10.5. The van der Waals surface area contributed by atoms with Gasteiger partial charge in [-0.3, -0.25) is 0 Å². The molecule has 2 unspecified atom stereocenters. The summed E-state index contributed by atoms with van der Waals surface area (Å²) in [6.45, 7) is 1.67. The van der Waals surface area contributed by atoms with Gasteiger partial charge >= 0.3 is 29.0 Å². The van der Waals surface area contributed by atoms with Gasteiger partial charge in [0.2, 0.25) is 0 Å². The van der Waals surface area contributed by atoms with Crippen molar-refractivity contribution in [1.29, 1.82) is 0 Å². The van der Waals surface area contributed by atoms with Gasteiger partial charge in [-0.1, -0.05) is 6.58 Å². The molecular formula is C10H10F8O3S. The molecule has 0 amide bonds. The minimum Gasteiger partial charge on any atom is -0.460 e. The van der Waals surface area contributed by atoms with E-state index in [2.05, 4.69) is 11.3 Å². The van der Waals surface area contributed by atoms with E-state index in [1.54, 1.807) is 0 Å². The SMILES string of the molecule is C=CC(=O)OCC(O)CC(F)(F)C(F)(F)C(F)(S)C(F)(F)F. The Morgan fingerprint density at radius 2 is 1.64 bits per heavy atom. The number of alkyl halides is 8. The first-order valence-corrected chi connectivity index (χ1v) is 5.75. The highest BCUT2D eigenvalue weighted by atomic mass is 32.1. The summed E-state index contributed by atoms with van der Waals surface area (Å²) in [5.41, 5.74) is 0. The molecule has 22 heavy (non-hydrogen) atoms. The number of carbonyl (C=O) groups excluding carboxylic acids is 1. The summed E-state index contributed by atoms with van der Waals surface area (Å²) in [5.74, 6) is -13.1. The van der Waals surface area contributed by atoms with Crippen molar-refractivity contribution in [3.63, 3.8) is 0 Å². The molecule has 0 aromatic rings. The number of hydrogen-bond acceptors (Lipinski definition) is 4. The first kappa shape index (κ1) is 21.0. The Morgan fingerprint density at radius 1 is 1.18 bits per heavy atom. The van der Waals surface area contributed by atoms with E-state index in [0.29, 0.717) is 6.08 Å². The topological polar surface area (TPSA) is 46.5 Å². The van der Waals surface area contributed by atoms with Gasteiger partial charge in [-0.2, -0.15) is 30.7 Å². The van der Waals surface area contributed by atoms with Crippen LogP contribution in [0.1, 0.15) is 6.42 Å². The smallest absolute Gasteiger partial charge is 0.438 e. The summed E-state index contributed by atoms with van der Waals surface area (Å²) in [5, 5.41) is 3.18. The molecule has 0 aliphatic heterocycles. The van der Waals surface area contributed by atoms with E-state index in [1.165, 1.54) is 0 Å². The van der Waals surface area contributed by atoms with Crippen LogP contribution in [-0.4, -0.2) is 46.8 Å². The van der Waals surface area contributed by atoms with E-state index < -0.39 is 48.1 Å². The molecule has 0 spiro atoms. The molecule has 0 saturated heterocycles. The van der Waals surface area contributed by atoms with E-state index in [1.807, 2.05) is 12.6 Å². The third kappa shape index (κ3) is 4.24. The number of thiol groups is 1. The number of aliphatic hydroxyl groups excluding tert-OH is 1. The quantitative estimate of drug-likeness (QED) is 0.317. The maximum Gasteiger partial charge on any atom is 0.438 e. The average Bonchev–Trinajstić information content (AvgIpc) is 2.33. The molecule has 12 heteroatoms. The molecule has 0 aliphatic rings. The van der Waals surface area contributed by atoms with Crippen LogP contribution in [0.25, 0.3) is 0 Å². The molecule has 0 bridgehead atoms. The molecule has 0 saturated carbocycles. The van der Waals surface area contributed by atoms with Gasteiger partial charge in [0.15, 0.2) is 0 Å². The summed E-state index contributed by atoms with van der Waals surface area (Å²) in [6.07, 6.45) is -10.6. The monoisotopic (exact) mass is 362 g/mol. The summed E-state index contributed by atoms with van der Waals surface area (Å²) in [7, 11) is 0. The maximum absolute atomic E-state index is 13.2. The van der Waals surface area contributed by atoms with Crippen molar-refractivity contribution in [2.75, 3.05) is 6.61 Å². The number of esters is 1. The lowest BCUT2D eigenvalue weighted by Gasteiger charge is -2.36. The number of aliphatic hydroxyl groups is 1. The van der Waals surface area contributed by atoms with Crippen LogP contribution in [0.4, 0.5) is 35.1 Å². The van der Waals surface area contributed by atoms with Gasteiger partial charge in [-0.25, -0.2) is 9.18 Å². The van der Waals surface area contributed by atoms with E-state index in [0.717, 1.165) is 0 Å². The lowest BCUT2D eigenvalue weighted by atomic mass is 10.00. The maximum atomic E-state index is 13.2. The van der Waals surface area contributed by atoms with E-state index in [-0.39, 0.29) is 0 Å². The third-order valence-electron chi connectivity index (χ3n) is 2.33. The van der Waals surface area contributed by atoms with Crippen LogP contribution >= 0.6 is 12.6 Å². The van der Waals surface area contributed by atoms with Crippen molar-refractivity contribution in [1.82, 2.24) is 0 Å². The Morgan fingerprint density at radius 3 is 2.00 bits per heavy atom. The van der Waals surface area contributed by atoms with E-state index in [9.17, 15) is 39.9 Å². The second kappa shape index (κ2) is 6.60. The number of hydrogen-bond donors (Lipinski definition) is 2. The fourth-order valence-corrected chi connectivity index (χ4v) is 1.30. The predicted octanol–water partition coefficient (Wildman–Crippen LogP) is 2.90. The second-order valence-corrected chi connectivity index (χ2v) is 4.71. The summed E-state index contributed by atoms with van der Waals surface area (Å²) >= 11 is 1.96. The molecule has 1 N–H and O–H groups in total. The van der Waals surface area contributed by atoms with Crippen LogP contribution in [0.3, 0.4) is 0 Å². The van der Waals surface area contributed by atoms with Crippen LogP contribution in [0.2, 0.25) is 0 Å². The lowest BCUT2D eigenvalue weighted by Crippen LogP contribution is -2.61. The molecule has 0 radical (unpaired) electrons. The second-order valence-electron chi connectivity index (χ2n) is 4.09. The first-order valence-electron chi connectivity index (χ1n) is 5.31. The van der Waals surface area contributed by atoms with Crippen molar-refractivity contribution in [2.45, 2.75) is 35.5 Å². The van der Waals surface area contributed by atoms with Crippen LogP contribution < -0.4 is 0 Å². The van der Waals surface area contributed by atoms with Gasteiger partial charge in [-0.15, -0.1) is 12.6 Å². The summed E-state index contributed by atoms with van der Waals surface area (Å²) in [6, 6.07) is 0. The van der Waals surface area contributed by atoms with Gasteiger partial charge in [0, 0.05) is 12.5 Å². The first-order chi connectivity index (χ1) is 9.60. The normalized spacial score (nSPS) is 17.5. The Bertz CT molecular complexity index is 421. The Balaban J connectivity index is 5.13. The number of ether oxygens (including phenoxy) is 1. The molecule has 0 aromatic heterocycles. The van der Waals surface area contributed by atoms with E-state index >= 15 is 0 Å². The van der Waals surface area contributed by atoms with Gasteiger partial charge in [0.1, 0.15) is 6.61 Å². The molecule has 3 nitrogen and oxygen atoms in total. The van der Waals surface area contributed by atoms with Gasteiger partial charge < -0.3 is 9.84 Å². The molecule has 2 atom stereocenters. The van der Waals surface area contributed by atoms with Crippen molar-refractivity contribution >= 4 is 18.6 Å². The standard InChI is InChI=1S/C10H10F8O3S/c1-2-6(20)21-4-5(19)3-7(11,12)8(13,14)9(15,22)10(16,17)18/h2,5,19,22H,1,3-4H2. The number of halogens is 8. The summed E-state index contributed by atoms with van der Waals surface area (Å²) < 4.78 is 106. The predicted molar refractivity (Wildman–Crippen MR) is 60.6 cm³/mol. The molecule has 130 valence electrons. The lowest BCUT2D eigenvalue weighted by molar-refractivity contribution is -0.324. The zero-order valence-corrected chi connectivity index (χ0v) is 11.4. The fraction of sp³-hybridized carbons (Fsp3) is 0.700. The van der Waals surface area contributed by atoms with E-state index in [4.69, 9.17) is 5.11 Å². The summed E-state index contributed by atoms with van der Waals surface area (Å²) in [4.78, 5) is 10.6. The zero-order chi connectivity index (χ0) is 18.0. The van der Waals surface area contributed by atoms with Gasteiger partial charge in [0.25, 0.3) is 0 Å². The highest BCUT2D eigenvalue weighted by Crippen LogP contribution is 2.55. The Labute approximate surface area is 124 Å². The average molecular weight is 362 g/mol. The fourth-order valence-electron chi connectivity index (χ4n) is 1.14. The minimum atomic E-state index is -6.40. The minimum absolute atomic E-state index is 0.559. The van der Waals surface area contributed by atoms with Crippen molar-refractivity contribution in [2.24, 2.45) is 0 Å². The van der Waals surface area contributed by atoms with Crippen LogP contribution in [-0.2, 0) is 9.53 Å². The highest BCUT2D eigenvalue weighted by molar-refractivity contribution is 7.81. The Hall–Kier alpha value is -1.04. The molecule has 0 aromatic carbocycles. The largest absolute Gasteiger partial charge is 0.460 e. The molecule has 0 rings (SSSR count). The highest BCUT2D eigenvalue weighted by Gasteiger charge is 2.78.